The first kappa shape index (κ1) is 12.6. The quantitative estimate of drug-likeness (QED) is 0.790. The summed E-state index contributed by atoms with van der Waals surface area (Å²) in [5.74, 6) is -0.0261. The van der Waals surface area contributed by atoms with E-state index in [0.717, 1.165) is 5.56 Å². The van der Waals surface area contributed by atoms with Crippen LogP contribution in [0, 0.1) is 6.92 Å². The molecule has 0 N–H and O–H groups in total. The summed E-state index contributed by atoms with van der Waals surface area (Å²) in [6.45, 7) is 1.81. The fourth-order valence-corrected chi connectivity index (χ4v) is 3.57. The van der Waals surface area contributed by atoms with Gasteiger partial charge in [0.1, 0.15) is 0 Å². The minimum Gasteiger partial charge on any atom is -0.294 e. The van der Waals surface area contributed by atoms with E-state index in [1.165, 1.54) is 6.26 Å². The van der Waals surface area contributed by atoms with Crippen molar-refractivity contribution in [3.05, 3.63) is 33.8 Å². The topological polar surface area (TPSA) is 51.2 Å². The highest BCUT2D eigenvalue weighted by Crippen LogP contribution is 2.37. The highest BCUT2D eigenvalue weighted by atomic mass is 35.5. The smallest absolute Gasteiger partial charge is 0.163 e. The van der Waals surface area contributed by atoms with Gasteiger partial charge in [-0.15, -0.1) is 0 Å². The van der Waals surface area contributed by atoms with Crippen LogP contribution in [0.1, 0.15) is 39.6 Å². The summed E-state index contributed by atoms with van der Waals surface area (Å²) in [6, 6.07) is 3.31. The molecular weight excluding hydrogens is 260 g/mol. The summed E-state index contributed by atoms with van der Waals surface area (Å²) < 4.78 is 23.4. The van der Waals surface area contributed by atoms with Crippen molar-refractivity contribution in [3.8, 4) is 0 Å². The van der Waals surface area contributed by atoms with Crippen molar-refractivity contribution >= 4 is 27.2 Å². The number of hydrogen-bond acceptors (Lipinski definition) is 3. The van der Waals surface area contributed by atoms with E-state index >= 15 is 0 Å². The second-order valence-corrected chi connectivity index (χ2v) is 7.10. The van der Waals surface area contributed by atoms with Crippen molar-refractivity contribution < 1.29 is 13.2 Å². The van der Waals surface area contributed by atoms with Crippen molar-refractivity contribution in [2.45, 2.75) is 25.0 Å². The lowest BCUT2D eigenvalue weighted by Gasteiger charge is -2.24. The molecule has 5 heteroatoms. The zero-order valence-corrected chi connectivity index (χ0v) is 11.2. The molecule has 3 nitrogen and oxygen atoms in total. The number of aryl methyl sites for hydroxylation is 1. The van der Waals surface area contributed by atoms with Crippen LogP contribution in [0.4, 0.5) is 0 Å². The molecule has 0 aromatic heterocycles. The lowest BCUT2D eigenvalue weighted by molar-refractivity contribution is 0.0971. The second kappa shape index (κ2) is 4.10. The first-order valence-electron chi connectivity index (χ1n) is 5.33. The largest absolute Gasteiger partial charge is 0.294 e. The highest BCUT2D eigenvalue weighted by molar-refractivity contribution is 7.90. The fraction of sp³-hybridized carbons (Fsp3) is 0.417. The van der Waals surface area contributed by atoms with Gasteiger partial charge in [-0.3, -0.25) is 4.79 Å². The lowest BCUT2D eigenvalue weighted by Crippen LogP contribution is -2.21. The molecule has 1 aromatic carbocycles. The summed E-state index contributed by atoms with van der Waals surface area (Å²) in [7, 11) is -3.19. The molecule has 0 bridgehead atoms. The van der Waals surface area contributed by atoms with Crippen LogP contribution >= 0.6 is 11.6 Å². The molecule has 1 unspecified atom stereocenters. The Morgan fingerprint density at radius 1 is 1.35 bits per heavy atom. The lowest BCUT2D eigenvalue weighted by atomic mass is 9.89. The van der Waals surface area contributed by atoms with E-state index in [0.29, 0.717) is 22.6 Å². The number of carbonyl (C=O) groups excluding carboxylic acids is 1. The molecule has 1 aliphatic carbocycles. The van der Waals surface area contributed by atoms with Crippen molar-refractivity contribution in [1.82, 2.24) is 0 Å². The Morgan fingerprint density at radius 3 is 2.59 bits per heavy atom. The maximum Gasteiger partial charge on any atom is 0.163 e. The number of benzene rings is 1. The van der Waals surface area contributed by atoms with Crippen LogP contribution in [0.15, 0.2) is 12.1 Å². The van der Waals surface area contributed by atoms with E-state index in [-0.39, 0.29) is 12.2 Å². The molecule has 0 radical (unpaired) electrons. The van der Waals surface area contributed by atoms with Crippen LogP contribution in [-0.2, 0) is 9.84 Å². The summed E-state index contributed by atoms with van der Waals surface area (Å²) in [5.41, 5.74) is 1.86. The predicted octanol–water partition coefficient (Wildman–Crippen LogP) is 2.71. The Balaban J connectivity index is 2.68. The highest BCUT2D eigenvalue weighted by Gasteiger charge is 2.32. The van der Waals surface area contributed by atoms with E-state index in [2.05, 4.69) is 0 Å². The van der Waals surface area contributed by atoms with Crippen molar-refractivity contribution in [2.75, 3.05) is 6.26 Å². The van der Waals surface area contributed by atoms with Crippen LogP contribution in [0.2, 0.25) is 5.02 Å². The Morgan fingerprint density at radius 2 is 2.00 bits per heavy atom. The van der Waals surface area contributed by atoms with Gasteiger partial charge in [-0.25, -0.2) is 8.42 Å². The predicted molar refractivity (Wildman–Crippen MR) is 67.3 cm³/mol. The van der Waals surface area contributed by atoms with Crippen LogP contribution in [-0.4, -0.2) is 20.5 Å². The van der Waals surface area contributed by atoms with Gasteiger partial charge in [0.05, 0.1) is 5.25 Å². The Kier molecular flexibility index (Phi) is 3.04. The molecule has 0 spiro atoms. The van der Waals surface area contributed by atoms with Crippen molar-refractivity contribution in [3.63, 3.8) is 0 Å². The number of fused-ring (bicyclic) bond motifs is 1. The van der Waals surface area contributed by atoms with Gasteiger partial charge in [-0.2, -0.15) is 0 Å². The van der Waals surface area contributed by atoms with E-state index in [1.54, 1.807) is 19.1 Å². The second-order valence-electron chi connectivity index (χ2n) is 4.47. The molecule has 1 atom stereocenters. The van der Waals surface area contributed by atoms with E-state index in [1.807, 2.05) is 0 Å². The molecule has 0 saturated heterocycles. The molecule has 1 aliphatic rings. The number of hydrogen-bond donors (Lipinski definition) is 0. The van der Waals surface area contributed by atoms with Crippen molar-refractivity contribution in [2.24, 2.45) is 0 Å². The zero-order chi connectivity index (χ0) is 12.8. The first-order valence-corrected chi connectivity index (χ1v) is 7.66. The number of ketones is 1. The molecule has 1 aromatic rings. The summed E-state index contributed by atoms with van der Waals surface area (Å²) >= 11 is 5.97. The van der Waals surface area contributed by atoms with Crippen molar-refractivity contribution in [1.29, 1.82) is 0 Å². The third-order valence-corrected chi connectivity index (χ3v) is 5.06. The Hall–Kier alpha value is -0.870. The molecule has 0 saturated carbocycles. The van der Waals surface area contributed by atoms with Gasteiger partial charge in [0.25, 0.3) is 0 Å². The molecule has 92 valence electrons. The van der Waals surface area contributed by atoms with Gasteiger partial charge >= 0.3 is 0 Å². The van der Waals surface area contributed by atoms with Gasteiger partial charge in [0.15, 0.2) is 15.6 Å². The first-order chi connectivity index (χ1) is 7.80. The normalized spacial score (nSPS) is 20.2. The van der Waals surface area contributed by atoms with Gasteiger partial charge < -0.3 is 0 Å². The standard InChI is InChI=1S/C12H13ClO3S/c1-7-5-9-8(6-10(7)13)11(14)3-4-12(9)17(2,15)16/h5-6,12H,3-4H2,1-2H3. The minimum absolute atomic E-state index is 0.0261. The monoisotopic (exact) mass is 272 g/mol. The third kappa shape index (κ3) is 2.24. The van der Waals surface area contributed by atoms with Gasteiger partial charge in [-0.1, -0.05) is 17.7 Å². The molecule has 0 amide bonds. The molecule has 0 fully saturated rings. The number of Topliss-reactive ketones (excluding diaryl/α,β-unsaturated/α-hetero) is 1. The maximum absolute atomic E-state index is 11.8. The third-order valence-electron chi connectivity index (χ3n) is 3.13. The van der Waals surface area contributed by atoms with Crippen LogP contribution < -0.4 is 0 Å². The fourth-order valence-electron chi connectivity index (χ4n) is 2.21. The number of sulfone groups is 1. The minimum atomic E-state index is -3.19. The van der Waals surface area contributed by atoms with Crippen LogP contribution in [0.25, 0.3) is 0 Å². The van der Waals surface area contributed by atoms with E-state index in [9.17, 15) is 13.2 Å². The molecule has 17 heavy (non-hydrogen) atoms. The van der Waals surface area contributed by atoms with E-state index < -0.39 is 15.1 Å². The zero-order valence-electron chi connectivity index (χ0n) is 9.66. The number of halogens is 1. The summed E-state index contributed by atoms with van der Waals surface area (Å²) in [4.78, 5) is 11.8. The average molecular weight is 273 g/mol. The average Bonchev–Trinajstić information content (AvgIpc) is 2.19. The molecule has 0 aliphatic heterocycles. The van der Waals surface area contributed by atoms with Crippen LogP contribution in [0.5, 0.6) is 0 Å². The number of carbonyl (C=O) groups is 1. The SMILES string of the molecule is Cc1cc2c(cc1Cl)C(=O)CCC2S(C)(=O)=O. The molecule has 2 rings (SSSR count). The Labute approximate surface area is 106 Å². The number of rotatable bonds is 1. The van der Waals surface area contributed by atoms with Crippen LogP contribution in [0.3, 0.4) is 0 Å². The van der Waals surface area contributed by atoms with Gasteiger partial charge in [0, 0.05) is 23.3 Å². The summed E-state index contributed by atoms with van der Waals surface area (Å²) in [6.07, 6.45) is 1.84. The summed E-state index contributed by atoms with van der Waals surface area (Å²) in [5, 5.41) is -0.0718. The van der Waals surface area contributed by atoms with E-state index in [4.69, 9.17) is 11.6 Å². The Bertz CT molecular complexity index is 590. The van der Waals surface area contributed by atoms with Gasteiger partial charge in [0.2, 0.25) is 0 Å². The molecular formula is C12H13ClO3S. The van der Waals surface area contributed by atoms with Gasteiger partial charge in [-0.05, 0) is 30.5 Å². The molecule has 0 heterocycles. The maximum atomic E-state index is 11.8.